The maximum atomic E-state index is 3.77. The van der Waals surface area contributed by atoms with Crippen molar-refractivity contribution in [2.24, 2.45) is 11.8 Å². The summed E-state index contributed by atoms with van der Waals surface area (Å²) in [6.45, 7) is 8.26. The molecule has 3 unspecified atom stereocenters. The molecule has 0 aliphatic heterocycles. The van der Waals surface area contributed by atoms with Gasteiger partial charge in [-0.25, -0.2) is 0 Å². The van der Waals surface area contributed by atoms with Gasteiger partial charge in [-0.1, -0.05) is 40.0 Å². The van der Waals surface area contributed by atoms with Crippen molar-refractivity contribution in [3.05, 3.63) is 0 Å². The minimum absolute atomic E-state index is 0.779. The molecule has 1 heteroatoms. The summed E-state index contributed by atoms with van der Waals surface area (Å²) in [6, 6.07) is 0.779. The van der Waals surface area contributed by atoms with E-state index in [-0.39, 0.29) is 0 Å². The summed E-state index contributed by atoms with van der Waals surface area (Å²) in [5.74, 6) is 1.95. The van der Waals surface area contributed by atoms with Crippen LogP contribution in [0.5, 0.6) is 0 Å². The van der Waals surface area contributed by atoms with Crippen LogP contribution in [0.25, 0.3) is 0 Å². The molecule has 1 aliphatic rings. The Morgan fingerprint density at radius 1 is 1.27 bits per heavy atom. The van der Waals surface area contributed by atoms with Gasteiger partial charge in [0.25, 0.3) is 0 Å². The van der Waals surface area contributed by atoms with Crippen LogP contribution in [-0.2, 0) is 0 Å². The second-order valence-electron chi connectivity index (χ2n) is 5.44. The highest BCUT2D eigenvalue weighted by molar-refractivity contribution is 4.76. The van der Waals surface area contributed by atoms with Gasteiger partial charge in [-0.15, -0.1) is 0 Å². The molecule has 1 fully saturated rings. The molecule has 1 N–H and O–H groups in total. The molecule has 0 heterocycles. The molecule has 0 saturated heterocycles. The van der Waals surface area contributed by atoms with E-state index in [1.54, 1.807) is 0 Å². The van der Waals surface area contributed by atoms with Gasteiger partial charge in [0.05, 0.1) is 0 Å². The summed E-state index contributed by atoms with van der Waals surface area (Å²) in [6.07, 6.45) is 9.75. The third-order valence-electron chi connectivity index (χ3n) is 3.90. The number of unbranched alkanes of at least 4 members (excludes halogenated alkanes) is 1. The normalized spacial score (nSPS) is 28.2. The van der Waals surface area contributed by atoms with Crippen LogP contribution in [0.3, 0.4) is 0 Å². The lowest BCUT2D eigenvalue weighted by molar-refractivity contribution is 0.394. The van der Waals surface area contributed by atoms with E-state index in [0.29, 0.717) is 0 Å². The lowest BCUT2D eigenvalue weighted by atomic mass is 10.0. The van der Waals surface area contributed by atoms with E-state index in [4.69, 9.17) is 0 Å². The number of rotatable bonds is 7. The predicted octanol–water partition coefficient (Wildman–Crippen LogP) is 3.98. The highest BCUT2D eigenvalue weighted by Crippen LogP contribution is 2.29. The Balaban J connectivity index is 2.10. The van der Waals surface area contributed by atoms with Crippen LogP contribution in [0.15, 0.2) is 0 Å². The monoisotopic (exact) mass is 211 g/mol. The third kappa shape index (κ3) is 5.01. The van der Waals surface area contributed by atoms with Crippen molar-refractivity contribution in [3.63, 3.8) is 0 Å². The largest absolute Gasteiger partial charge is 0.314 e. The highest BCUT2D eigenvalue weighted by Gasteiger charge is 2.21. The van der Waals surface area contributed by atoms with E-state index >= 15 is 0 Å². The van der Waals surface area contributed by atoms with E-state index in [2.05, 4.69) is 26.1 Å². The molecule has 3 atom stereocenters. The smallest absolute Gasteiger partial charge is 0.00645 e. The van der Waals surface area contributed by atoms with Crippen LogP contribution in [0.1, 0.15) is 65.7 Å². The summed E-state index contributed by atoms with van der Waals surface area (Å²) in [7, 11) is 0. The van der Waals surface area contributed by atoms with E-state index in [0.717, 1.165) is 17.9 Å². The average Bonchev–Trinajstić information content (AvgIpc) is 2.65. The molecule has 15 heavy (non-hydrogen) atoms. The minimum Gasteiger partial charge on any atom is -0.314 e. The third-order valence-corrected chi connectivity index (χ3v) is 3.90. The molecule has 0 bridgehead atoms. The first-order valence-electron chi connectivity index (χ1n) is 6.99. The highest BCUT2D eigenvalue weighted by atomic mass is 14.9. The summed E-state index contributed by atoms with van der Waals surface area (Å²) >= 11 is 0. The number of nitrogens with one attached hydrogen (secondary N) is 1. The van der Waals surface area contributed by atoms with E-state index in [1.807, 2.05) is 0 Å². The van der Waals surface area contributed by atoms with E-state index in [1.165, 1.54) is 51.5 Å². The predicted molar refractivity (Wildman–Crippen MR) is 68.1 cm³/mol. The fourth-order valence-electron chi connectivity index (χ4n) is 2.74. The van der Waals surface area contributed by atoms with Crippen LogP contribution >= 0.6 is 0 Å². The molecule has 0 aromatic heterocycles. The van der Waals surface area contributed by atoms with Gasteiger partial charge < -0.3 is 5.32 Å². The molecule has 0 aromatic carbocycles. The van der Waals surface area contributed by atoms with Crippen molar-refractivity contribution in [1.82, 2.24) is 5.32 Å². The molecule has 1 nitrogen and oxygen atoms in total. The van der Waals surface area contributed by atoms with Crippen LogP contribution in [0.4, 0.5) is 0 Å². The molecule has 0 spiro atoms. The van der Waals surface area contributed by atoms with Gasteiger partial charge in [0.15, 0.2) is 0 Å². The molecular weight excluding hydrogens is 182 g/mol. The molecule has 0 radical (unpaired) electrons. The summed E-state index contributed by atoms with van der Waals surface area (Å²) in [4.78, 5) is 0. The summed E-state index contributed by atoms with van der Waals surface area (Å²) in [5, 5.41) is 3.77. The van der Waals surface area contributed by atoms with Crippen LogP contribution in [0, 0.1) is 11.8 Å². The Hall–Kier alpha value is -0.0400. The fraction of sp³-hybridized carbons (Fsp3) is 1.00. The SMILES string of the molecule is CCCCC(CC)NCC1CCC(C)C1. The zero-order valence-electron chi connectivity index (χ0n) is 10.9. The molecule has 0 aromatic rings. The average molecular weight is 211 g/mol. The van der Waals surface area contributed by atoms with Crippen molar-refractivity contribution >= 4 is 0 Å². The summed E-state index contributed by atoms with van der Waals surface area (Å²) < 4.78 is 0. The first-order valence-corrected chi connectivity index (χ1v) is 6.99. The van der Waals surface area contributed by atoms with E-state index < -0.39 is 0 Å². The zero-order chi connectivity index (χ0) is 11.1. The Morgan fingerprint density at radius 3 is 2.60 bits per heavy atom. The molecule has 1 saturated carbocycles. The quantitative estimate of drug-likeness (QED) is 0.671. The first-order chi connectivity index (χ1) is 7.26. The topological polar surface area (TPSA) is 12.0 Å². The lowest BCUT2D eigenvalue weighted by Gasteiger charge is -2.19. The van der Waals surface area contributed by atoms with Crippen LogP contribution in [0.2, 0.25) is 0 Å². The second-order valence-corrected chi connectivity index (χ2v) is 5.44. The van der Waals surface area contributed by atoms with Crippen molar-refractivity contribution in [2.75, 3.05) is 6.54 Å². The Morgan fingerprint density at radius 2 is 2.07 bits per heavy atom. The Labute approximate surface area is 96.0 Å². The molecule has 1 rings (SSSR count). The standard InChI is InChI=1S/C14H29N/c1-4-6-7-14(5-2)15-11-13-9-8-12(3)10-13/h12-15H,4-11H2,1-3H3. The number of hydrogen-bond acceptors (Lipinski definition) is 1. The zero-order valence-corrected chi connectivity index (χ0v) is 10.9. The van der Waals surface area contributed by atoms with Gasteiger partial charge >= 0.3 is 0 Å². The van der Waals surface area contributed by atoms with Crippen LogP contribution in [-0.4, -0.2) is 12.6 Å². The fourth-order valence-corrected chi connectivity index (χ4v) is 2.74. The van der Waals surface area contributed by atoms with Crippen molar-refractivity contribution in [2.45, 2.75) is 71.8 Å². The Bertz CT molecular complexity index is 155. The van der Waals surface area contributed by atoms with Crippen LogP contribution < -0.4 is 5.32 Å². The summed E-state index contributed by atoms with van der Waals surface area (Å²) in [5.41, 5.74) is 0. The molecule has 90 valence electrons. The van der Waals surface area contributed by atoms with Gasteiger partial charge in [-0.05, 0) is 44.1 Å². The Kier molecular flexibility index (Phi) is 6.31. The van der Waals surface area contributed by atoms with Gasteiger partial charge in [0, 0.05) is 6.04 Å². The van der Waals surface area contributed by atoms with Gasteiger partial charge in [-0.2, -0.15) is 0 Å². The number of hydrogen-bond donors (Lipinski definition) is 1. The van der Waals surface area contributed by atoms with Crippen molar-refractivity contribution < 1.29 is 0 Å². The van der Waals surface area contributed by atoms with Gasteiger partial charge in [-0.3, -0.25) is 0 Å². The maximum absolute atomic E-state index is 3.77. The van der Waals surface area contributed by atoms with Crippen molar-refractivity contribution in [3.8, 4) is 0 Å². The first kappa shape index (κ1) is 13.0. The molecular formula is C14H29N. The van der Waals surface area contributed by atoms with Gasteiger partial charge in [0.2, 0.25) is 0 Å². The maximum Gasteiger partial charge on any atom is 0.00645 e. The van der Waals surface area contributed by atoms with Crippen molar-refractivity contribution in [1.29, 1.82) is 0 Å². The van der Waals surface area contributed by atoms with E-state index in [9.17, 15) is 0 Å². The second kappa shape index (κ2) is 7.27. The molecule has 1 aliphatic carbocycles. The lowest BCUT2D eigenvalue weighted by Crippen LogP contribution is -2.32. The van der Waals surface area contributed by atoms with Gasteiger partial charge in [0.1, 0.15) is 0 Å². The minimum atomic E-state index is 0.779. The molecule has 0 amide bonds.